The monoisotopic (exact) mass is 383 g/mol. The van der Waals surface area contributed by atoms with Crippen LogP contribution in [-0.4, -0.2) is 24.0 Å². The zero-order valence-corrected chi connectivity index (χ0v) is 16.7. The highest BCUT2D eigenvalue weighted by Gasteiger charge is 2.34. The summed E-state index contributed by atoms with van der Waals surface area (Å²) in [6.45, 7) is 3.70. The van der Waals surface area contributed by atoms with Gasteiger partial charge in [-0.2, -0.15) is 0 Å². The minimum atomic E-state index is -0.798. The zero-order valence-electron chi connectivity index (χ0n) is 15.9. The molecule has 1 amide bonds. The number of rotatable bonds is 3. The van der Waals surface area contributed by atoms with Crippen LogP contribution in [0.1, 0.15) is 58.8 Å². The van der Waals surface area contributed by atoms with Gasteiger partial charge in [0.2, 0.25) is 0 Å². The van der Waals surface area contributed by atoms with Crippen molar-refractivity contribution >= 4 is 28.9 Å². The van der Waals surface area contributed by atoms with Crippen molar-refractivity contribution in [3.63, 3.8) is 0 Å². The van der Waals surface area contributed by atoms with Crippen LogP contribution in [0.3, 0.4) is 0 Å². The summed E-state index contributed by atoms with van der Waals surface area (Å²) in [6.07, 6.45) is 5.73. The third-order valence-corrected chi connectivity index (χ3v) is 6.74. The summed E-state index contributed by atoms with van der Waals surface area (Å²) in [4.78, 5) is 29.3. The van der Waals surface area contributed by atoms with E-state index in [9.17, 15) is 9.59 Å². The van der Waals surface area contributed by atoms with Crippen LogP contribution in [0, 0.1) is 0 Å². The lowest BCUT2D eigenvalue weighted by atomic mass is 10.1. The number of para-hydroxylation sites is 1. The average molecular weight is 384 g/mol. The second kappa shape index (κ2) is 7.47. The molecule has 2 heterocycles. The largest absolute Gasteiger partial charge is 0.448 e. The molecule has 4 nitrogen and oxygen atoms in total. The smallest absolute Gasteiger partial charge is 0.349 e. The quantitative estimate of drug-likeness (QED) is 0.577. The van der Waals surface area contributed by atoms with Crippen molar-refractivity contribution in [1.82, 2.24) is 0 Å². The van der Waals surface area contributed by atoms with E-state index in [1.54, 1.807) is 11.8 Å². The van der Waals surface area contributed by atoms with Crippen LogP contribution in [0.15, 0.2) is 30.3 Å². The Morgan fingerprint density at radius 1 is 1.15 bits per heavy atom. The van der Waals surface area contributed by atoms with Crippen molar-refractivity contribution in [2.24, 2.45) is 0 Å². The molecule has 142 valence electrons. The number of hydrogen-bond acceptors (Lipinski definition) is 4. The molecule has 1 aliphatic heterocycles. The third kappa shape index (κ3) is 3.53. The molecule has 1 aromatic heterocycles. The number of hydrogen-bond donors (Lipinski definition) is 0. The lowest BCUT2D eigenvalue weighted by Gasteiger charge is -2.25. The van der Waals surface area contributed by atoms with Gasteiger partial charge in [0.1, 0.15) is 4.88 Å². The summed E-state index contributed by atoms with van der Waals surface area (Å²) in [6, 6.07) is 9.99. The number of benzene rings is 1. The lowest BCUT2D eigenvalue weighted by molar-refractivity contribution is -0.126. The Labute approximate surface area is 164 Å². The fourth-order valence-electron chi connectivity index (χ4n) is 4.13. The topological polar surface area (TPSA) is 46.6 Å². The molecule has 0 radical (unpaired) electrons. The standard InChI is InChI=1S/C22H25NO3S/c1-14-12-16-8-6-7-10-18(16)23(14)21(24)15(2)26-22(25)20-13-17-9-4-3-5-11-19(17)27-20/h6-8,10,13-15H,3-5,9,11-12H2,1-2H3/t14-,15-/m1/s1. The Balaban J connectivity index is 1.47. The van der Waals surface area contributed by atoms with Gasteiger partial charge in [-0.05, 0) is 69.2 Å². The van der Waals surface area contributed by atoms with Gasteiger partial charge >= 0.3 is 5.97 Å². The highest BCUT2D eigenvalue weighted by Crippen LogP contribution is 2.33. The van der Waals surface area contributed by atoms with Gasteiger partial charge in [0, 0.05) is 16.6 Å². The lowest BCUT2D eigenvalue weighted by Crippen LogP contribution is -2.43. The molecule has 0 N–H and O–H groups in total. The Bertz CT molecular complexity index is 849. The predicted molar refractivity (Wildman–Crippen MR) is 108 cm³/mol. The molecule has 0 fully saturated rings. The molecule has 0 bridgehead atoms. The predicted octanol–water partition coefficient (Wildman–Crippen LogP) is 4.54. The van der Waals surface area contributed by atoms with Crippen molar-refractivity contribution in [1.29, 1.82) is 0 Å². The van der Waals surface area contributed by atoms with Crippen LogP contribution < -0.4 is 4.90 Å². The number of amides is 1. The molecule has 0 saturated carbocycles. The Hall–Kier alpha value is -2.14. The zero-order chi connectivity index (χ0) is 19.0. The van der Waals surface area contributed by atoms with Crippen molar-refractivity contribution < 1.29 is 14.3 Å². The van der Waals surface area contributed by atoms with E-state index in [-0.39, 0.29) is 17.9 Å². The maximum absolute atomic E-state index is 13.0. The van der Waals surface area contributed by atoms with E-state index in [0.29, 0.717) is 4.88 Å². The molecular formula is C22H25NO3S. The number of carbonyl (C=O) groups excluding carboxylic acids is 2. The first kappa shape index (κ1) is 18.2. The second-order valence-electron chi connectivity index (χ2n) is 7.56. The van der Waals surface area contributed by atoms with Gasteiger partial charge < -0.3 is 9.64 Å². The summed E-state index contributed by atoms with van der Waals surface area (Å²) < 4.78 is 5.56. The fourth-order valence-corrected chi connectivity index (χ4v) is 5.27. The van der Waals surface area contributed by atoms with Gasteiger partial charge in [0.15, 0.2) is 6.10 Å². The summed E-state index contributed by atoms with van der Waals surface area (Å²) in [5, 5.41) is 0. The number of anilines is 1. The molecule has 1 aromatic carbocycles. The number of fused-ring (bicyclic) bond motifs is 2. The van der Waals surface area contributed by atoms with Gasteiger partial charge in [-0.1, -0.05) is 24.6 Å². The summed E-state index contributed by atoms with van der Waals surface area (Å²) >= 11 is 1.53. The highest BCUT2D eigenvalue weighted by molar-refractivity contribution is 7.14. The third-order valence-electron chi connectivity index (χ3n) is 5.52. The Morgan fingerprint density at radius 2 is 1.93 bits per heavy atom. The Morgan fingerprint density at radius 3 is 2.78 bits per heavy atom. The van der Waals surface area contributed by atoms with E-state index in [2.05, 4.69) is 6.07 Å². The highest BCUT2D eigenvalue weighted by atomic mass is 32.1. The van der Waals surface area contributed by atoms with Gasteiger partial charge in [-0.15, -0.1) is 11.3 Å². The maximum Gasteiger partial charge on any atom is 0.349 e. The maximum atomic E-state index is 13.0. The van der Waals surface area contributed by atoms with Gasteiger partial charge in [-0.3, -0.25) is 4.79 Å². The molecule has 27 heavy (non-hydrogen) atoms. The molecule has 2 aromatic rings. The van der Waals surface area contributed by atoms with Crippen molar-refractivity contribution in [2.75, 3.05) is 4.90 Å². The van der Waals surface area contributed by atoms with Gasteiger partial charge in [0.05, 0.1) is 0 Å². The van der Waals surface area contributed by atoms with E-state index < -0.39 is 6.10 Å². The summed E-state index contributed by atoms with van der Waals surface area (Å²) in [7, 11) is 0. The van der Waals surface area contributed by atoms with E-state index in [4.69, 9.17) is 4.74 Å². The van der Waals surface area contributed by atoms with E-state index >= 15 is 0 Å². The molecule has 0 spiro atoms. The first-order valence-electron chi connectivity index (χ1n) is 9.78. The number of nitrogens with zero attached hydrogens (tertiary/aromatic N) is 1. The molecule has 4 rings (SSSR count). The minimum absolute atomic E-state index is 0.0776. The SMILES string of the molecule is C[C@@H]1Cc2ccccc2N1C(=O)[C@@H](C)OC(=O)c1cc2c(s1)CCCCC2. The summed E-state index contributed by atoms with van der Waals surface area (Å²) in [5.41, 5.74) is 3.38. The number of ether oxygens (including phenoxy) is 1. The number of thiophene rings is 1. The number of carbonyl (C=O) groups is 2. The summed E-state index contributed by atoms with van der Waals surface area (Å²) in [5.74, 6) is -0.534. The minimum Gasteiger partial charge on any atom is -0.448 e. The molecule has 0 unspecified atom stereocenters. The van der Waals surface area contributed by atoms with Crippen LogP contribution in [0.25, 0.3) is 0 Å². The fraction of sp³-hybridized carbons (Fsp3) is 0.455. The van der Waals surface area contributed by atoms with Gasteiger partial charge in [0.25, 0.3) is 5.91 Å². The van der Waals surface area contributed by atoms with Crippen LogP contribution >= 0.6 is 11.3 Å². The van der Waals surface area contributed by atoms with Crippen molar-refractivity contribution in [2.45, 2.75) is 64.5 Å². The second-order valence-corrected chi connectivity index (χ2v) is 8.69. The van der Waals surface area contributed by atoms with E-state index in [0.717, 1.165) is 24.9 Å². The van der Waals surface area contributed by atoms with E-state index in [1.807, 2.05) is 31.2 Å². The van der Waals surface area contributed by atoms with Gasteiger partial charge in [-0.25, -0.2) is 4.79 Å². The number of esters is 1. The normalized spacial score (nSPS) is 19.8. The molecule has 5 heteroatoms. The molecule has 2 aliphatic rings. The molecule has 1 aliphatic carbocycles. The molecular weight excluding hydrogens is 358 g/mol. The van der Waals surface area contributed by atoms with Crippen LogP contribution in [-0.2, 0) is 28.8 Å². The van der Waals surface area contributed by atoms with Crippen molar-refractivity contribution in [3.05, 3.63) is 51.2 Å². The van der Waals surface area contributed by atoms with Crippen LogP contribution in [0.4, 0.5) is 5.69 Å². The van der Waals surface area contributed by atoms with Crippen LogP contribution in [0.2, 0.25) is 0 Å². The van der Waals surface area contributed by atoms with Crippen molar-refractivity contribution in [3.8, 4) is 0 Å². The van der Waals surface area contributed by atoms with Crippen LogP contribution in [0.5, 0.6) is 0 Å². The molecule has 2 atom stereocenters. The first-order valence-corrected chi connectivity index (χ1v) is 10.6. The van der Waals surface area contributed by atoms with E-state index in [1.165, 1.54) is 46.6 Å². The Kier molecular flexibility index (Phi) is 5.04. The number of aryl methyl sites for hydroxylation is 2. The first-order chi connectivity index (χ1) is 13.0. The average Bonchev–Trinajstić information content (AvgIpc) is 3.13. The molecule has 0 saturated heterocycles.